The van der Waals surface area contributed by atoms with E-state index in [1.807, 2.05) is 0 Å². The Hall–Kier alpha value is -1.96. The van der Waals surface area contributed by atoms with E-state index in [4.69, 9.17) is 0 Å². The number of para-hydroxylation sites is 3. The van der Waals surface area contributed by atoms with E-state index in [1.54, 1.807) is 0 Å². The fourth-order valence-corrected chi connectivity index (χ4v) is 3.34. The molecule has 2 aromatic rings. The average Bonchev–Trinajstić information content (AvgIpc) is 2.83. The van der Waals surface area contributed by atoms with Crippen molar-refractivity contribution in [3.63, 3.8) is 0 Å². The summed E-state index contributed by atoms with van der Waals surface area (Å²) < 4.78 is 0. The Bertz CT molecular complexity index is 620. The third kappa shape index (κ3) is 1.56. The standard InChI is InChI=1S/C17H18N2/c1-13-10-11-18-12-19(15-7-3-2-6-14(13)15)17-9-5-4-8-16(17)18/h2-9,13H,10-12H2,1H3. The van der Waals surface area contributed by atoms with Gasteiger partial charge < -0.3 is 9.80 Å². The van der Waals surface area contributed by atoms with Gasteiger partial charge in [-0.1, -0.05) is 37.3 Å². The zero-order chi connectivity index (χ0) is 12.8. The Kier molecular flexibility index (Phi) is 2.31. The largest absolute Gasteiger partial charge is 0.352 e. The van der Waals surface area contributed by atoms with Crippen LogP contribution in [-0.4, -0.2) is 13.2 Å². The highest BCUT2D eigenvalue weighted by molar-refractivity contribution is 5.83. The van der Waals surface area contributed by atoms with Crippen LogP contribution >= 0.6 is 0 Å². The summed E-state index contributed by atoms with van der Waals surface area (Å²) in [5.41, 5.74) is 5.60. The van der Waals surface area contributed by atoms with Gasteiger partial charge in [0.1, 0.15) is 0 Å². The number of hydrogen-bond acceptors (Lipinski definition) is 2. The van der Waals surface area contributed by atoms with E-state index >= 15 is 0 Å². The van der Waals surface area contributed by atoms with Gasteiger partial charge in [-0.05, 0) is 36.1 Å². The number of fused-ring (bicyclic) bond motifs is 7. The van der Waals surface area contributed by atoms with Crippen LogP contribution in [0.2, 0.25) is 0 Å². The second-order valence-corrected chi connectivity index (χ2v) is 5.57. The molecule has 0 fully saturated rings. The topological polar surface area (TPSA) is 6.48 Å². The highest BCUT2D eigenvalue weighted by atomic mass is 15.4. The quantitative estimate of drug-likeness (QED) is 0.694. The third-order valence-corrected chi connectivity index (χ3v) is 4.42. The fourth-order valence-electron chi connectivity index (χ4n) is 3.34. The molecular formula is C17H18N2. The van der Waals surface area contributed by atoms with Crippen LogP contribution in [0.3, 0.4) is 0 Å². The molecule has 0 saturated carbocycles. The van der Waals surface area contributed by atoms with Crippen LogP contribution in [0.15, 0.2) is 48.5 Å². The van der Waals surface area contributed by atoms with Gasteiger partial charge in [-0.15, -0.1) is 0 Å². The lowest BCUT2D eigenvalue weighted by molar-refractivity contribution is 0.642. The molecule has 2 aliphatic rings. The van der Waals surface area contributed by atoms with Crippen molar-refractivity contribution in [3.05, 3.63) is 54.1 Å². The second kappa shape index (κ2) is 4.02. The first-order chi connectivity index (χ1) is 9.34. The summed E-state index contributed by atoms with van der Waals surface area (Å²) in [5, 5.41) is 0. The van der Waals surface area contributed by atoms with Gasteiger partial charge in [0.15, 0.2) is 0 Å². The van der Waals surface area contributed by atoms with Crippen LogP contribution in [0.4, 0.5) is 17.1 Å². The van der Waals surface area contributed by atoms with Gasteiger partial charge >= 0.3 is 0 Å². The van der Waals surface area contributed by atoms with Crippen LogP contribution < -0.4 is 9.80 Å². The minimum Gasteiger partial charge on any atom is -0.352 e. The first-order valence-electron chi connectivity index (χ1n) is 7.05. The monoisotopic (exact) mass is 250 g/mol. The molecule has 1 atom stereocenters. The smallest absolute Gasteiger partial charge is 0.0953 e. The van der Waals surface area contributed by atoms with E-state index in [1.165, 1.54) is 29.0 Å². The van der Waals surface area contributed by atoms with Gasteiger partial charge in [0, 0.05) is 12.2 Å². The van der Waals surface area contributed by atoms with E-state index in [0.717, 1.165) is 13.2 Å². The normalized spacial score (nSPS) is 20.6. The Morgan fingerprint density at radius 1 is 0.895 bits per heavy atom. The van der Waals surface area contributed by atoms with Crippen molar-refractivity contribution in [3.8, 4) is 0 Å². The zero-order valence-electron chi connectivity index (χ0n) is 11.2. The van der Waals surface area contributed by atoms with Crippen LogP contribution in [0.5, 0.6) is 0 Å². The van der Waals surface area contributed by atoms with E-state index < -0.39 is 0 Å². The van der Waals surface area contributed by atoms with Gasteiger partial charge in [0.2, 0.25) is 0 Å². The zero-order valence-corrected chi connectivity index (χ0v) is 11.2. The van der Waals surface area contributed by atoms with Crippen LogP contribution in [-0.2, 0) is 0 Å². The molecule has 0 radical (unpaired) electrons. The maximum absolute atomic E-state index is 2.50. The number of benzene rings is 2. The molecule has 1 unspecified atom stereocenters. The molecule has 0 N–H and O–H groups in total. The van der Waals surface area contributed by atoms with Crippen molar-refractivity contribution in [2.75, 3.05) is 23.0 Å². The number of anilines is 3. The lowest BCUT2D eigenvalue weighted by Crippen LogP contribution is -2.32. The molecule has 2 heteroatoms. The van der Waals surface area contributed by atoms with Gasteiger partial charge in [0.25, 0.3) is 0 Å². The van der Waals surface area contributed by atoms with Gasteiger partial charge in [0.05, 0.1) is 18.0 Å². The number of nitrogens with zero attached hydrogens (tertiary/aromatic N) is 2. The van der Waals surface area contributed by atoms with Crippen molar-refractivity contribution in [2.45, 2.75) is 19.3 Å². The molecule has 4 rings (SSSR count). The van der Waals surface area contributed by atoms with E-state index in [-0.39, 0.29) is 0 Å². The van der Waals surface area contributed by atoms with Crippen molar-refractivity contribution in [1.29, 1.82) is 0 Å². The fraction of sp³-hybridized carbons (Fsp3) is 0.294. The van der Waals surface area contributed by atoms with Gasteiger partial charge in [-0.25, -0.2) is 0 Å². The van der Waals surface area contributed by atoms with Crippen molar-refractivity contribution in [2.24, 2.45) is 0 Å². The molecule has 2 aromatic carbocycles. The first-order valence-corrected chi connectivity index (χ1v) is 7.05. The Morgan fingerprint density at radius 2 is 1.58 bits per heavy atom. The number of hydrogen-bond donors (Lipinski definition) is 0. The molecule has 2 heterocycles. The molecule has 2 aliphatic heterocycles. The molecule has 0 spiro atoms. The summed E-state index contributed by atoms with van der Waals surface area (Å²) in [7, 11) is 0. The second-order valence-electron chi connectivity index (χ2n) is 5.57. The SMILES string of the molecule is CC1CCN2CN(c3ccccc31)c1ccccc12. The summed E-state index contributed by atoms with van der Waals surface area (Å²) in [4.78, 5) is 4.96. The molecule has 19 heavy (non-hydrogen) atoms. The maximum Gasteiger partial charge on any atom is 0.0953 e. The van der Waals surface area contributed by atoms with Crippen molar-refractivity contribution in [1.82, 2.24) is 0 Å². The molecule has 0 saturated heterocycles. The summed E-state index contributed by atoms with van der Waals surface area (Å²) in [6, 6.07) is 17.6. The van der Waals surface area contributed by atoms with E-state index in [9.17, 15) is 0 Å². The van der Waals surface area contributed by atoms with Crippen LogP contribution in [0.1, 0.15) is 24.8 Å². The lowest BCUT2D eigenvalue weighted by Gasteiger charge is -2.29. The van der Waals surface area contributed by atoms with Crippen molar-refractivity contribution < 1.29 is 0 Å². The van der Waals surface area contributed by atoms with Crippen molar-refractivity contribution >= 4 is 17.1 Å². The minimum atomic E-state index is 0.621. The van der Waals surface area contributed by atoms with Crippen LogP contribution in [0, 0.1) is 0 Å². The summed E-state index contributed by atoms with van der Waals surface area (Å²) in [6.07, 6.45) is 1.22. The summed E-state index contributed by atoms with van der Waals surface area (Å²) in [6.45, 7) is 4.47. The molecular weight excluding hydrogens is 232 g/mol. The Morgan fingerprint density at radius 3 is 2.42 bits per heavy atom. The summed E-state index contributed by atoms with van der Waals surface area (Å²) >= 11 is 0. The molecule has 96 valence electrons. The maximum atomic E-state index is 2.50. The first kappa shape index (κ1) is 10.9. The van der Waals surface area contributed by atoms with Crippen LogP contribution in [0.25, 0.3) is 0 Å². The Labute approximate surface area is 114 Å². The molecule has 2 bridgehead atoms. The van der Waals surface area contributed by atoms with Gasteiger partial charge in [-0.3, -0.25) is 0 Å². The molecule has 0 aromatic heterocycles. The number of rotatable bonds is 0. The highest BCUT2D eigenvalue weighted by Crippen LogP contribution is 2.45. The minimum absolute atomic E-state index is 0.621. The predicted octanol–water partition coefficient (Wildman–Crippen LogP) is 4.11. The van der Waals surface area contributed by atoms with E-state index in [0.29, 0.717) is 5.92 Å². The predicted molar refractivity (Wildman–Crippen MR) is 80.3 cm³/mol. The molecule has 0 amide bonds. The summed E-state index contributed by atoms with van der Waals surface area (Å²) in [5.74, 6) is 0.621. The Balaban J connectivity index is 1.94. The average molecular weight is 250 g/mol. The highest BCUT2D eigenvalue weighted by Gasteiger charge is 2.30. The third-order valence-electron chi connectivity index (χ3n) is 4.42. The molecule has 2 nitrogen and oxygen atoms in total. The lowest BCUT2D eigenvalue weighted by atomic mass is 9.95. The molecule has 0 aliphatic carbocycles. The van der Waals surface area contributed by atoms with E-state index in [2.05, 4.69) is 65.3 Å². The van der Waals surface area contributed by atoms with Gasteiger partial charge in [-0.2, -0.15) is 0 Å².